The summed E-state index contributed by atoms with van der Waals surface area (Å²) >= 11 is 0. The number of rotatable bonds is 4. The average molecular weight is 243 g/mol. The van der Waals surface area contributed by atoms with Crippen molar-refractivity contribution in [1.82, 2.24) is 4.98 Å². The van der Waals surface area contributed by atoms with Crippen molar-refractivity contribution in [2.75, 3.05) is 23.7 Å². The third-order valence-electron chi connectivity index (χ3n) is 3.14. The van der Waals surface area contributed by atoms with Crippen LogP contribution in [-0.4, -0.2) is 18.1 Å². The third kappa shape index (κ3) is 2.40. The Labute approximate surface area is 109 Å². The quantitative estimate of drug-likeness (QED) is 0.838. The SMILES string of the molecule is CCN(CC(C)C)c1ccc(N)c2ccncc12. The zero-order chi connectivity index (χ0) is 13.1. The van der Waals surface area contributed by atoms with Gasteiger partial charge < -0.3 is 10.6 Å². The van der Waals surface area contributed by atoms with E-state index in [1.807, 2.05) is 18.3 Å². The lowest BCUT2D eigenvalue weighted by Gasteiger charge is -2.26. The summed E-state index contributed by atoms with van der Waals surface area (Å²) < 4.78 is 0. The second-order valence-corrected chi connectivity index (χ2v) is 5.03. The molecule has 0 amide bonds. The average Bonchev–Trinajstić information content (AvgIpc) is 2.37. The summed E-state index contributed by atoms with van der Waals surface area (Å²) in [5, 5.41) is 2.23. The molecule has 0 saturated heterocycles. The molecule has 18 heavy (non-hydrogen) atoms. The van der Waals surface area contributed by atoms with Crippen molar-refractivity contribution in [3.8, 4) is 0 Å². The molecule has 2 aromatic rings. The molecule has 0 bridgehead atoms. The van der Waals surface area contributed by atoms with E-state index in [1.54, 1.807) is 6.20 Å². The van der Waals surface area contributed by atoms with Crippen molar-refractivity contribution in [2.24, 2.45) is 5.92 Å². The zero-order valence-electron chi connectivity index (χ0n) is 11.4. The molecule has 1 heterocycles. The lowest BCUT2D eigenvalue weighted by atomic mass is 10.1. The standard InChI is InChI=1S/C15H21N3/c1-4-18(10-11(2)3)15-6-5-14(16)12-7-8-17-9-13(12)15/h5-9,11H,4,10,16H2,1-3H3. The highest BCUT2D eigenvalue weighted by Gasteiger charge is 2.11. The monoisotopic (exact) mass is 243 g/mol. The second kappa shape index (κ2) is 5.25. The minimum atomic E-state index is 0.634. The molecule has 0 saturated carbocycles. The first-order valence-electron chi connectivity index (χ1n) is 6.50. The summed E-state index contributed by atoms with van der Waals surface area (Å²) in [5.41, 5.74) is 8.06. The summed E-state index contributed by atoms with van der Waals surface area (Å²) in [6.45, 7) is 8.69. The summed E-state index contributed by atoms with van der Waals surface area (Å²) in [6, 6.07) is 6.07. The van der Waals surface area contributed by atoms with Crippen molar-refractivity contribution in [1.29, 1.82) is 0 Å². The molecule has 0 unspecified atom stereocenters. The fraction of sp³-hybridized carbons (Fsp3) is 0.400. The van der Waals surface area contributed by atoms with Crippen LogP contribution in [0.5, 0.6) is 0 Å². The van der Waals surface area contributed by atoms with Crippen LogP contribution in [0.25, 0.3) is 10.8 Å². The normalized spacial score (nSPS) is 11.1. The molecule has 0 radical (unpaired) electrons. The van der Waals surface area contributed by atoms with Crippen LogP contribution in [0.1, 0.15) is 20.8 Å². The fourth-order valence-electron chi connectivity index (χ4n) is 2.31. The Bertz CT molecular complexity index is 534. The predicted octanol–water partition coefficient (Wildman–Crippen LogP) is 3.30. The van der Waals surface area contributed by atoms with Crippen molar-refractivity contribution >= 4 is 22.1 Å². The maximum atomic E-state index is 6.02. The van der Waals surface area contributed by atoms with Crippen LogP contribution < -0.4 is 10.6 Å². The summed E-state index contributed by atoms with van der Waals surface area (Å²) in [4.78, 5) is 6.61. The van der Waals surface area contributed by atoms with Crippen LogP contribution in [0.2, 0.25) is 0 Å². The van der Waals surface area contributed by atoms with Gasteiger partial charge in [-0.3, -0.25) is 4.98 Å². The summed E-state index contributed by atoms with van der Waals surface area (Å²) in [6.07, 6.45) is 3.70. The third-order valence-corrected chi connectivity index (χ3v) is 3.14. The van der Waals surface area contributed by atoms with E-state index in [2.05, 4.69) is 36.7 Å². The van der Waals surface area contributed by atoms with Crippen LogP contribution >= 0.6 is 0 Å². The van der Waals surface area contributed by atoms with E-state index in [-0.39, 0.29) is 0 Å². The Morgan fingerprint density at radius 3 is 2.67 bits per heavy atom. The number of aromatic nitrogens is 1. The molecule has 2 rings (SSSR count). The first-order chi connectivity index (χ1) is 8.63. The smallest absolute Gasteiger partial charge is 0.0463 e. The molecule has 1 aromatic carbocycles. The number of fused-ring (bicyclic) bond motifs is 1. The van der Waals surface area contributed by atoms with Crippen molar-refractivity contribution in [3.63, 3.8) is 0 Å². The number of hydrogen-bond donors (Lipinski definition) is 1. The minimum absolute atomic E-state index is 0.634. The number of nitrogens with zero attached hydrogens (tertiary/aromatic N) is 2. The van der Waals surface area contributed by atoms with Gasteiger partial charge >= 0.3 is 0 Å². The van der Waals surface area contributed by atoms with Gasteiger partial charge in [0.05, 0.1) is 0 Å². The minimum Gasteiger partial charge on any atom is -0.398 e. The molecule has 96 valence electrons. The predicted molar refractivity (Wildman–Crippen MR) is 78.9 cm³/mol. The molecule has 0 atom stereocenters. The van der Waals surface area contributed by atoms with E-state index in [9.17, 15) is 0 Å². The maximum Gasteiger partial charge on any atom is 0.0463 e. The Kier molecular flexibility index (Phi) is 3.70. The van der Waals surface area contributed by atoms with Crippen molar-refractivity contribution in [3.05, 3.63) is 30.6 Å². The number of anilines is 2. The Morgan fingerprint density at radius 1 is 1.22 bits per heavy atom. The molecule has 3 nitrogen and oxygen atoms in total. The molecule has 0 aliphatic heterocycles. The van der Waals surface area contributed by atoms with Crippen molar-refractivity contribution < 1.29 is 0 Å². The van der Waals surface area contributed by atoms with Gasteiger partial charge in [0, 0.05) is 47.6 Å². The fourth-order valence-corrected chi connectivity index (χ4v) is 2.31. The molecule has 0 spiro atoms. The van der Waals surface area contributed by atoms with Crippen LogP contribution in [0.4, 0.5) is 11.4 Å². The first-order valence-corrected chi connectivity index (χ1v) is 6.50. The van der Waals surface area contributed by atoms with Gasteiger partial charge in [0.1, 0.15) is 0 Å². The van der Waals surface area contributed by atoms with Crippen LogP contribution in [0.15, 0.2) is 30.6 Å². The van der Waals surface area contributed by atoms with Crippen LogP contribution in [0.3, 0.4) is 0 Å². The topological polar surface area (TPSA) is 42.1 Å². The van der Waals surface area contributed by atoms with E-state index in [4.69, 9.17) is 5.73 Å². The van der Waals surface area contributed by atoms with Gasteiger partial charge in [-0.2, -0.15) is 0 Å². The van der Waals surface area contributed by atoms with E-state index in [0.717, 1.165) is 29.5 Å². The van der Waals surface area contributed by atoms with Gasteiger partial charge in [-0.1, -0.05) is 13.8 Å². The van der Waals surface area contributed by atoms with E-state index >= 15 is 0 Å². The Balaban J connectivity index is 2.53. The van der Waals surface area contributed by atoms with Gasteiger partial charge in [0.25, 0.3) is 0 Å². The molecule has 0 fully saturated rings. The molecular weight excluding hydrogens is 222 g/mol. The number of pyridine rings is 1. The van der Waals surface area contributed by atoms with Crippen molar-refractivity contribution in [2.45, 2.75) is 20.8 Å². The Morgan fingerprint density at radius 2 is 2.00 bits per heavy atom. The highest BCUT2D eigenvalue weighted by atomic mass is 15.1. The molecule has 0 aliphatic carbocycles. The van der Waals surface area contributed by atoms with Gasteiger partial charge in [-0.15, -0.1) is 0 Å². The highest BCUT2D eigenvalue weighted by Crippen LogP contribution is 2.30. The molecule has 2 N–H and O–H groups in total. The highest BCUT2D eigenvalue weighted by molar-refractivity contribution is 6.00. The molecule has 3 heteroatoms. The lowest BCUT2D eigenvalue weighted by molar-refractivity contribution is 0.620. The number of benzene rings is 1. The zero-order valence-corrected chi connectivity index (χ0v) is 11.4. The number of nitrogens with two attached hydrogens (primary N) is 1. The lowest BCUT2D eigenvalue weighted by Crippen LogP contribution is -2.27. The maximum absolute atomic E-state index is 6.02. The van der Waals surface area contributed by atoms with E-state index < -0.39 is 0 Å². The molecule has 0 aliphatic rings. The summed E-state index contributed by atoms with van der Waals surface area (Å²) in [7, 11) is 0. The van der Waals surface area contributed by atoms with Gasteiger partial charge in [-0.25, -0.2) is 0 Å². The van der Waals surface area contributed by atoms with Crippen LogP contribution in [0, 0.1) is 5.92 Å². The van der Waals surface area contributed by atoms with Gasteiger partial charge in [0.15, 0.2) is 0 Å². The number of hydrogen-bond acceptors (Lipinski definition) is 3. The Hall–Kier alpha value is -1.77. The second-order valence-electron chi connectivity index (χ2n) is 5.03. The molecular formula is C15H21N3. The number of nitrogen functional groups attached to an aromatic ring is 1. The largest absolute Gasteiger partial charge is 0.398 e. The van der Waals surface area contributed by atoms with E-state index in [0.29, 0.717) is 5.92 Å². The first kappa shape index (κ1) is 12.7. The van der Waals surface area contributed by atoms with Gasteiger partial charge in [-0.05, 0) is 31.0 Å². The van der Waals surface area contributed by atoms with Gasteiger partial charge in [0.2, 0.25) is 0 Å². The van der Waals surface area contributed by atoms with Crippen LogP contribution in [-0.2, 0) is 0 Å². The summed E-state index contributed by atoms with van der Waals surface area (Å²) in [5.74, 6) is 0.634. The molecule has 1 aromatic heterocycles. The van der Waals surface area contributed by atoms with E-state index in [1.165, 1.54) is 5.69 Å².